The molecule has 0 unspecified atom stereocenters. The number of unbranched alkanes of at least 4 members (excludes halogenated alkanes) is 4. The summed E-state index contributed by atoms with van der Waals surface area (Å²) in [5, 5.41) is 9.46. The highest BCUT2D eigenvalue weighted by molar-refractivity contribution is 7.80. The second-order valence-electron chi connectivity index (χ2n) is 3.95. The number of phenolic OH excluding ortho intramolecular Hbond substituents is 1. The molecule has 0 amide bonds. The quantitative estimate of drug-likeness (QED) is 0.548. The Kier molecular flexibility index (Phi) is 5.62. The molecule has 0 heterocycles. The zero-order valence-corrected chi connectivity index (χ0v) is 10.3. The number of thiol groups is 1. The maximum absolute atomic E-state index is 9.46. The molecule has 0 fully saturated rings. The lowest BCUT2D eigenvalue weighted by Gasteiger charge is -2.06. The van der Waals surface area contributed by atoms with Crippen LogP contribution in [0.4, 0.5) is 0 Å². The number of benzene rings is 1. The first kappa shape index (κ1) is 12.4. The first-order chi connectivity index (χ1) is 7.25. The highest BCUT2D eigenvalue weighted by Crippen LogP contribution is 2.26. The Hall–Kier alpha value is -0.630. The summed E-state index contributed by atoms with van der Waals surface area (Å²) in [7, 11) is 0. The lowest BCUT2D eigenvalue weighted by molar-refractivity contribution is 0.460. The first-order valence-electron chi connectivity index (χ1n) is 5.75. The van der Waals surface area contributed by atoms with E-state index in [1.54, 1.807) is 6.07 Å². The van der Waals surface area contributed by atoms with Crippen LogP contribution in [-0.2, 0) is 6.42 Å². The molecular weight excluding hydrogens is 204 g/mol. The molecule has 1 N–H and O–H groups in total. The van der Waals surface area contributed by atoms with E-state index in [2.05, 4.69) is 19.6 Å². The molecule has 1 nitrogen and oxygen atoms in total. The third-order valence-electron chi connectivity index (χ3n) is 2.65. The van der Waals surface area contributed by atoms with E-state index < -0.39 is 0 Å². The highest BCUT2D eigenvalue weighted by Gasteiger charge is 2.02. The van der Waals surface area contributed by atoms with Gasteiger partial charge in [-0.3, -0.25) is 0 Å². The van der Waals surface area contributed by atoms with Crippen molar-refractivity contribution in [3.63, 3.8) is 0 Å². The molecular formula is C13H20OS. The number of phenols is 1. The molecule has 0 bridgehead atoms. The maximum Gasteiger partial charge on any atom is 0.129 e. The Morgan fingerprint density at radius 2 is 1.87 bits per heavy atom. The summed E-state index contributed by atoms with van der Waals surface area (Å²) in [5.41, 5.74) is 1.16. The molecule has 0 atom stereocenters. The van der Waals surface area contributed by atoms with Gasteiger partial charge in [0.05, 0.1) is 0 Å². The molecule has 1 aromatic carbocycles. The van der Waals surface area contributed by atoms with Crippen LogP contribution in [0.1, 0.15) is 44.6 Å². The molecule has 0 aromatic heterocycles. The van der Waals surface area contributed by atoms with E-state index >= 15 is 0 Å². The van der Waals surface area contributed by atoms with Crippen molar-refractivity contribution in [3.05, 3.63) is 23.8 Å². The summed E-state index contributed by atoms with van der Waals surface area (Å²) in [6.07, 6.45) is 7.42. The number of aryl methyl sites for hydroxylation is 1. The van der Waals surface area contributed by atoms with Gasteiger partial charge in [-0.15, -0.1) is 12.6 Å². The number of hydrogen-bond donors (Lipinski definition) is 2. The molecule has 0 saturated carbocycles. The minimum Gasteiger partial charge on any atom is -0.507 e. The SMILES string of the molecule is CCCCCCCc1cccc(O)c1S. The van der Waals surface area contributed by atoms with E-state index in [1.165, 1.54) is 32.1 Å². The second kappa shape index (κ2) is 6.78. The Labute approximate surface area is 97.9 Å². The van der Waals surface area contributed by atoms with Crippen LogP contribution in [0.5, 0.6) is 5.75 Å². The molecule has 2 heteroatoms. The number of hydrogen-bond acceptors (Lipinski definition) is 2. The van der Waals surface area contributed by atoms with Crippen LogP contribution in [0, 0.1) is 0 Å². The molecule has 0 spiro atoms. The Morgan fingerprint density at radius 1 is 1.13 bits per heavy atom. The fourth-order valence-corrected chi connectivity index (χ4v) is 1.96. The van der Waals surface area contributed by atoms with Gasteiger partial charge in [0.1, 0.15) is 5.75 Å². The Morgan fingerprint density at radius 3 is 2.60 bits per heavy atom. The standard InChI is InChI=1S/C13H20OS/c1-2-3-4-5-6-8-11-9-7-10-12(14)13(11)15/h7,9-10,14-15H,2-6,8H2,1H3. The van der Waals surface area contributed by atoms with Gasteiger partial charge in [0.25, 0.3) is 0 Å². The minimum atomic E-state index is 0.296. The van der Waals surface area contributed by atoms with Crippen molar-refractivity contribution >= 4 is 12.6 Å². The van der Waals surface area contributed by atoms with Crippen molar-refractivity contribution in [2.75, 3.05) is 0 Å². The fourth-order valence-electron chi connectivity index (χ4n) is 1.70. The Balaban J connectivity index is 2.34. The van der Waals surface area contributed by atoms with Crippen LogP contribution in [0.25, 0.3) is 0 Å². The molecule has 1 aromatic rings. The van der Waals surface area contributed by atoms with Gasteiger partial charge in [0.15, 0.2) is 0 Å². The Bertz CT molecular complexity index is 297. The van der Waals surface area contributed by atoms with Crippen molar-refractivity contribution in [2.24, 2.45) is 0 Å². The van der Waals surface area contributed by atoms with Gasteiger partial charge in [-0.25, -0.2) is 0 Å². The van der Waals surface area contributed by atoms with Crippen LogP contribution in [0.15, 0.2) is 23.1 Å². The van der Waals surface area contributed by atoms with Gasteiger partial charge in [-0.05, 0) is 24.5 Å². The summed E-state index contributed by atoms with van der Waals surface area (Å²) in [6, 6.07) is 5.61. The third-order valence-corrected chi connectivity index (χ3v) is 3.16. The number of rotatable bonds is 6. The topological polar surface area (TPSA) is 20.2 Å². The lowest BCUT2D eigenvalue weighted by Crippen LogP contribution is -1.88. The van der Waals surface area contributed by atoms with E-state index in [4.69, 9.17) is 0 Å². The zero-order chi connectivity index (χ0) is 11.1. The molecule has 0 saturated heterocycles. The molecule has 1 rings (SSSR count). The molecule has 15 heavy (non-hydrogen) atoms. The van der Waals surface area contributed by atoms with Crippen molar-refractivity contribution in [3.8, 4) is 5.75 Å². The van der Waals surface area contributed by atoms with Crippen LogP contribution in [-0.4, -0.2) is 5.11 Å². The van der Waals surface area contributed by atoms with E-state index in [0.717, 1.165) is 16.9 Å². The fraction of sp³-hybridized carbons (Fsp3) is 0.538. The zero-order valence-electron chi connectivity index (χ0n) is 9.37. The molecule has 0 aliphatic rings. The van der Waals surface area contributed by atoms with Crippen LogP contribution in [0.3, 0.4) is 0 Å². The van der Waals surface area contributed by atoms with Crippen molar-refractivity contribution in [1.29, 1.82) is 0 Å². The monoisotopic (exact) mass is 224 g/mol. The third kappa shape index (κ3) is 4.17. The summed E-state index contributed by atoms with van der Waals surface area (Å²) < 4.78 is 0. The van der Waals surface area contributed by atoms with E-state index in [0.29, 0.717) is 5.75 Å². The van der Waals surface area contributed by atoms with Crippen LogP contribution in [0.2, 0.25) is 0 Å². The number of aromatic hydroxyl groups is 1. The van der Waals surface area contributed by atoms with E-state index in [9.17, 15) is 5.11 Å². The van der Waals surface area contributed by atoms with Gasteiger partial charge in [-0.2, -0.15) is 0 Å². The molecule has 0 aliphatic carbocycles. The highest BCUT2D eigenvalue weighted by atomic mass is 32.1. The summed E-state index contributed by atoms with van der Waals surface area (Å²) in [5.74, 6) is 0.296. The molecule has 0 radical (unpaired) electrons. The average Bonchev–Trinajstić information content (AvgIpc) is 2.24. The maximum atomic E-state index is 9.46. The van der Waals surface area contributed by atoms with Crippen molar-refractivity contribution in [2.45, 2.75) is 50.3 Å². The largest absolute Gasteiger partial charge is 0.507 e. The smallest absolute Gasteiger partial charge is 0.129 e. The molecule has 84 valence electrons. The van der Waals surface area contributed by atoms with Gasteiger partial charge in [-0.1, -0.05) is 44.7 Å². The van der Waals surface area contributed by atoms with Crippen molar-refractivity contribution in [1.82, 2.24) is 0 Å². The van der Waals surface area contributed by atoms with Gasteiger partial charge >= 0.3 is 0 Å². The normalized spacial score (nSPS) is 10.5. The molecule has 0 aliphatic heterocycles. The second-order valence-corrected chi connectivity index (χ2v) is 4.40. The predicted octanol–water partition coefficient (Wildman–Crippen LogP) is 4.19. The summed E-state index contributed by atoms with van der Waals surface area (Å²) >= 11 is 4.30. The predicted molar refractivity (Wildman–Crippen MR) is 67.8 cm³/mol. The average molecular weight is 224 g/mol. The summed E-state index contributed by atoms with van der Waals surface area (Å²) in [4.78, 5) is 0.744. The van der Waals surface area contributed by atoms with Gasteiger partial charge < -0.3 is 5.11 Å². The first-order valence-corrected chi connectivity index (χ1v) is 6.20. The van der Waals surface area contributed by atoms with E-state index in [-0.39, 0.29) is 0 Å². The van der Waals surface area contributed by atoms with Crippen LogP contribution >= 0.6 is 12.6 Å². The van der Waals surface area contributed by atoms with Gasteiger partial charge in [0.2, 0.25) is 0 Å². The lowest BCUT2D eigenvalue weighted by atomic mass is 10.1. The van der Waals surface area contributed by atoms with Crippen LogP contribution < -0.4 is 0 Å². The van der Waals surface area contributed by atoms with Crippen molar-refractivity contribution < 1.29 is 5.11 Å². The van der Waals surface area contributed by atoms with Gasteiger partial charge in [0, 0.05) is 4.90 Å². The minimum absolute atomic E-state index is 0.296. The van der Waals surface area contributed by atoms with E-state index in [1.807, 2.05) is 12.1 Å². The summed E-state index contributed by atoms with van der Waals surface area (Å²) in [6.45, 7) is 2.22.